The van der Waals surface area contributed by atoms with Crippen LogP contribution in [0.2, 0.25) is 0 Å². The monoisotopic (exact) mass is 260 g/mol. The van der Waals surface area contributed by atoms with Gasteiger partial charge in [-0.15, -0.1) is 0 Å². The number of nitrogens with two attached hydrogens (primary N) is 1. The molecular weight excluding hydrogens is 237 g/mol. The molecule has 0 saturated heterocycles. The zero-order chi connectivity index (χ0) is 11.6. The molecule has 0 aromatic heterocycles. The van der Waals surface area contributed by atoms with E-state index in [2.05, 4.69) is 16.2 Å². The molecule has 0 fully saturated rings. The average Bonchev–Trinajstić information content (AvgIpc) is 2.14. The van der Waals surface area contributed by atoms with E-state index in [1.165, 1.54) is 32.1 Å². The fraction of sp³-hybridized carbons (Fsp3) is 1.00. The molecule has 0 bridgehead atoms. The van der Waals surface area contributed by atoms with Crippen molar-refractivity contribution in [2.75, 3.05) is 6.61 Å². The van der Waals surface area contributed by atoms with Gasteiger partial charge in [-0.2, -0.15) is 8.42 Å². The van der Waals surface area contributed by atoms with Crippen LogP contribution in [0, 0.1) is 0 Å². The molecule has 0 aromatic carbocycles. The molecule has 4 nitrogen and oxygen atoms in total. The molecule has 0 aliphatic heterocycles. The Morgan fingerprint density at radius 2 is 1.38 bits per heavy atom. The number of hydrogen-bond acceptors (Lipinski definition) is 3. The van der Waals surface area contributed by atoms with E-state index in [9.17, 15) is 8.42 Å². The molecular formula is C10H23NNaO3S. The second-order valence-corrected chi connectivity index (χ2v) is 5.01. The Morgan fingerprint density at radius 1 is 0.938 bits per heavy atom. The molecule has 93 valence electrons. The summed E-state index contributed by atoms with van der Waals surface area (Å²) in [6, 6.07) is 0. The van der Waals surface area contributed by atoms with Crippen LogP contribution in [0.1, 0.15) is 58.3 Å². The van der Waals surface area contributed by atoms with Gasteiger partial charge in [0.1, 0.15) is 0 Å². The molecule has 0 aliphatic rings. The Balaban J connectivity index is 0. The van der Waals surface area contributed by atoms with Gasteiger partial charge in [0, 0.05) is 29.6 Å². The minimum absolute atomic E-state index is 0. The van der Waals surface area contributed by atoms with Crippen LogP contribution < -0.4 is 5.14 Å². The smallest absolute Gasteiger partial charge is 0.258 e. The first-order valence-electron chi connectivity index (χ1n) is 5.73. The minimum atomic E-state index is -3.73. The zero-order valence-corrected chi connectivity index (χ0v) is 13.4. The largest absolute Gasteiger partial charge is 0.333 e. The van der Waals surface area contributed by atoms with Gasteiger partial charge in [-0.1, -0.05) is 51.9 Å². The molecule has 16 heavy (non-hydrogen) atoms. The van der Waals surface area contributed by atoms with E-state index < -0.39 is 10.3 Å². The van der Waals surface area contributed by atoms with Gasteiger partial charge in [0.15, 0.2) is 0 Å². The second-order valence-electron chi connectivity index (χ2n) is 3.79. The third-order valence-corrected chi connectivity index (χ3v) is 2.74. The van der Waals surface area contributed by atoms with Gasteiger partial charge >= 0.3 is 10.3 Å². The van der Waals surface area contributed by atoms with Crippen molar-refractivity contribution in [3.8, 4) is 0 Å². The average molecular weight is 260 g/mol. The molecule has 2 N–H and O–H groups in total. The third kappa shape index (κ3) is 17.3. The van der Waals surface area contributed by atoms with Gasteiger partial charge in [-0.25, -0.2) is 5.14 Å². The molecule has 0 amide bonds. The molecule has 0 aliphatic carbocycles. The second kappa shape index (κ2) is 12.3. The van der Waals surface area contributed by atoms with Crippen molar-refractivity contribution in [2.24, 2.45) is 5.14 Å². The summed E-state index contributed by atoms with van der Waals surface area (Å²) in [5.74, 6) is 0. The normalized spacial score (nSPS) is 11.1. The van der Waals surface area contributed by atoms with Gasteiger partial charge in [-0.05, 0) is 6.42 Å². The van der Waals surface area contributed by atoms with Crippen LogP contribution in [-0.4, -0.2) is 44.6 Å². The van der Waals surface area contributed by atoms with Crippen LogP contribution in [-0.2, 0) is 14.5 Å². The molecule has 0 spiro atoms. The molecule has 6 heteroatoms. The van der Waals surface area contributed by atoms with Crippen LogP contribution in [0.25, 0.3) is 0 Å². The summed E-state index contributed by atoms with van der Waals surface area (Å²) in [6.07, 6.45) is 9.34. The van der Waals surface area contributed by atoms with E-state index in [1.807, 2.05) is 0 Å². The van der Waals surface area contributed by atoms with Gasteiger partial charge in [-0.3, -0.25) is 4.18 Å². The predicted molar refractivity (Wildman–Crippen MR) is 67.4 cm³/mol. The van der Waals surface area contributed by atoms with Crippen molar-refractivity contribution in [1.82, 2.24) is 0 Å². The molecule has 1 radical (unpaired) electrons. The van der Waals surface area contributed by atoms with E-state index in [1.54, 1.807) is 0 Å². The van der Waals surface area contributed by atoms with E-state index in [0.29, 0.717) is 0 Å². The Morgan fingerprint density at radius 3 is 1.81 bits per heavy atom. The van der Waals surface area contributed by atoms with Gasteiger partial charge < -0.3 is 0 Å². The first-order valence-corrected chi connectivity index (χ1v) is 7.20. The molecule has 0 rings (SSSR count). The maximum atomic E-state index is 10.4. The van der Waals surface area contributed by atoms with Crippen molar-refractivity contribution < 1.29 is 12.6 Å². The number of unbranched alkanes of at least 4 members (excludes halogenated alkanes) is 7. The third-order valence-electron chi connectivity index (χ3n) is 2.25. The van der Waals surface area contributed by atoms with Gasteiger partial charge in [0.05, 0.1) is 6.61 Å². The summed E-state index contributed by atoms with van der Waals surface area (Å²) in [7, 11) is -3.73. The van der Waals surface area contributed by atoms with E-state index in [4.69, 9.17) is 0 Å². The van der Waals surface area contributed by atoms with Gasteiger partial charge in [0.2, 0.25) is 0 Å². The Hall–Kier alpha value is 0.870. The van der Waals surface area contributed by atoms with Gasteiger partial charge in [0.25, 0.3) is 0 Å². The van der Waals surface area contributed by atoms with Crippen LogP contribution >= 0.6 is 0 Å². The summed E-state index contributed by atoms with van der Waals surface area (Å²) in [4.78, 5) is 0. The van der Waals surface area contributed by atoms with Crippen molar-refractivity contribution in [2.45, 2.75) is 58.3 Å². The van der Waals surface area contributed by atoms with Crippen LogP contribution in [0.3, 0.4) is 0 Å². The molecule has 0 aromatic rings. The predicted octanol–water partition coefficient (Wildman–Crippen LogP) is 1.97. The zero-order valence-electron chi connectivity index (χ0n) is 10.6. The van der Waals surface area contributed by atoms with Crippen LogP contribution in [0.4, 0.5) is 0 Å². The maximum Gasteiger partial charge on any atom is 0.333 e. The van der Waals surface area contributed by atoms with Crippen molar-refractivity contribution in [1.29, 1.82) is 0 Å². The first kappa shape index (κ1) is 19.2. The first-order chi connectivity index (χ1) is 7.06. The maximum absolute atomic E-state index is 10.4. The molecule has 0 unspecified atom stereocenters. The van der Waals surface area contributed by atoms with Crippen LogP contribution in [0.15, 0.2) is 0 Å². The van der Waals surface area contributed by atoms with E-state index in [-0.39, 0.29) is 36.2 Å². The van der Waals surface area contributed by atoms with E-state index >= 15 is 0 Å². The molecule has 0 atom stereocenters. The summed E-state index contributed by atoms with van der Waals surface area (Å²) in [6.45, 7) is 2.42. The quantitative estimate of drug-likeness (QED) is 0.482. The summed E-state index contributed by atoms with van der Waals surface area (Å²) in [5, 5.41) is 4.68. The fourth-order valence-corrected chi connectivity index (χ4v) is 1.76. The molecule has 0 saturated carbocycles. The number of hydrogen-bond donors (Lipinski definition) is 1. The van der Waals surface area contributed by atoms with Crippen molar-refractivity contribution in [3.63, 3.8) is 0 Å². The summed E-state index contributed by atoms with van der Waals surface area (Å²) in [5.41, 5.74) is 0. The summed E-state index contributed by atoms with van der Waals surface area (Å²) < 4.78 is 25.2. The Kier molecular flexibility index (Phi) is 14.8. The van der Waals surface area contributed by atoms with Crippen molar-refractivity contribution >= 4 is 39.9 Å². The number of rotatable bonds is 10. The van der Waals surface area contributed by atoms with Crippen LogP contribution in [0.5, 0.6) is 0 Å². The summed E-state index contributed by atoms with van der Waals surface area (Å²) >= 11 is 0. The minimum Gasteiger partial charge on any atom is -0.258 e. The Bertz CT molecular complexity index is 232. The standard InChI is InChI=1S/C10H23NO3S.Na/c1-2-3-4-5-6-7-8-9-10-14-15(11,12)13;/h2-10H2,1H3,(H2,11,12,13);. The van der Waals surface area contributed by atoms with E-state index in [0.717, 1.165) is 19.3 Å². The topological polar surface area (TPSA) is 69.4 Å². The molecule has 0 heterocycles. The Labute approximate surface area is 122 Å². The SMILES string of the molecule is CCCCCCCCCCOS(N)(=O)=O.[Na]. The van der Waals surface area contributed by atoms with Crippen molar-refractivity contribution in [3.05, 3.63) is 0 Å². The fourth-order valence-electron chi connectivity index (χ4n) is 1.41.